The summed E-state index contributed by atoms with van der Waals surface area (Å²) >= 11 is 0. The molecule has 0 aromatic carbocycles. The molecule has 80 valence electrons. The lowest BCUT2D eigenvalue weighted by atomic mass is 10.0. The van der Waals surface area contributed by atoms with E-state index in [4.69, 9.17) is 10.00 Å². The third-order valence-electron chi connectivity index (χ3n) is 2.78. The lowest BCUT2D eigenvalue weighted by molar-refractivity contribution is 0.0538. The highest BCUT2D eigenvalue weighted by Crippen LogP contribution is 2.12. The number of hydrogen-bond acceptors (Lipinski definition) is 3. The molecule has 0 spiro atoms. The molecule has 0 bridgehead atoms. The van der Waals surface area contributed by atoms with Crippen LogP contribution in [0.1, 0.15) is 32.6 Å². The molecule has 1 rings (SSSR count). The number of nitriles is 1. The Morgan fingerprint density at radius 1 is 1.64 bits per heavy atom. The molecule has 1 saturated heterocycles. The summed E-state index contributed by atoms with van der Waals surface area (Å²) in [5.74, 6) is 0.650. The van der Waals surface area contributed by atoms with E-state index in [0.717, 1.165) is 26.2 Å². The van der Waals surface area contributed by atoms with Crippen molar-refractivity contribution in [1.82, 2.24) is 5.32 Å². The molecule has 0 aromatic heterocycles. The van der Waals surface area contributed by atoms with E-state index in [1.54, 1.807) is 0 Å². The zero-order chi connectivity index (χ0) is 10.2. The van der Waals surface area contributed by atoms with Crippen molar-refractivity contribution in [3.8, 4) is 6.07 Å². The van der Waals surface area contributed by atoms with Crippen LogP contribution in [0, 0.1) is 17.2 Å². The Labute approximate surface area is 86.4 Å². The smallest absolute Gasteiger partial charge is 0.0638 e. The van der Waals surface area contributed by atoms with Gasteiger partial charge in [0.2, 0.25) is 0 Å². The van der Waals surface area contributed by atoms with Crippen molar-refractivity contribution in [2.45, 2.75) is 38.6 Å². The van der Waals surface area contributed by atoms with Gasteiger partial charge in [-0.15, -0.1) is 0 Å². The minimum absolute atomic E-state index is 0.363. The minimum Gasteiger partial charge on any atom is -0.381 e. The van der Waals surface area contributed by atoms with Gasteiger partial charge in [0.05, 0.1) is 19.1 Å². The quantitative estimate of drug-likeness (QED) is 0.728. The van der Waals surface area contributed by atoms with Gasteiger partial charge in [0.15, 0.2) is 0 Å². The average Bonchev–Trinajstić information content (AvgIpc) is 2.25. The van der Waals surface area contributed by atoms with E-state index in [1.165, 1.54) is 12.8 Å². The molecule has 1 aliphatic rings. The van der Waals surface area contributed by atoms with Gasteiger partial charge >= 0.3 is 0 Å². The van der Waals surface area contributed by atoms with E-state index in [0.29, 0.717) is 18.4 Å². The van der Waals surface area contributed by atoms with Crippen LogP contribution in [0.5, 0.6) is 0 Å². The van der Waals surface area contributed by atoms with Crippen molar-refractivity contribution < 1.29 is 4.74 Å². The SMILES string of the molecule is CCC(CC#N)NCC1CCCOC1. The van der Waals surface area contributed by atoms with Gasteiger partial charge in [-0.25, -0.2) is 0 Å². The maximum Gasteiger partial charge on any atom is 0.0638 e. The first-order chi connectivity index (χ1) is 6.86. The summed E-state index contributed by atoms with van der Waals surface area (Å²) in [7, 11) is 0. The molecule has 3 nitrogen and oxygen atoms in total. The van der Waals surface area contributed by atoms with Crippen LogP contribution in [0.2, 0.25) is 0 Å². The Balaban J connectivity index is 2.14. The second-order valence-electron chi connectivity index (χ2n) is 3.96. The normalized spacial score (nSPS) is 24.1. The van der Waals surface area contributed by atoms with Crippen LogP contribution < -0.4 is 5.32 Å². The van der Waals surface area contributed by atoms with Gasteiger partial charge in [-0.05, 0) is 25.2 Å². The molecule has 3 heteroatoms. The Morgan fingerprint density at radius 2 is 2.50 bits per heavy atom. The van der Waals surface area contributed by atoms with Gasteiger partial charge in [-0.3, -0.25) is 0 Å². The van der Waals surface area contributed by atoms with Crippen LogP contribution in [0.3, 0.4) is 0 Å². The topological polar surface area (TPSA) is 45.0 Å². The largest absolute Gasteiger partial charge is 0.381 e. The van der Waals surface area contributed by atoms with Gasteiger partial charge < -0.3 is 10.1 Å². The van der Waals surface area contributed by atoms with Crippen molar-refractivity contribution in [1.29, 1.82) is 5.26 Å². The lowest BCUT2D eigenvalue weighted by Gasteiger charge is -2.24. The molecule has 0 aliphatic carbocycles. The van der Waals surface area contributed by atoms with Gasteiger partial charge in [-0.1, -0.05) is 6.92 Å². The molecule has 2 unspecified atom stereocenters. The maximum absolute atomic E-state index is 8.59. The Morgan fingerprint density at radius 3 is 3.07 bits per heavy atom. The fourth-order valence-electron chi connectivity index (χ4n) is 1.77. The standard InChI is InChI=1S/C11H20N2O/c1-2-11(5-6-12)13-8-10-4-3-7-14-9-10/h10-11,13H,2-5,7-9H2,1H3. The number of ether oxygens (including phenoxy) is 1. The van der Waals surface area contributed by atoms with E-state index < -0.39 is 0 Å². The van der Waals surface area contributed by atoms with Crippen molar-refractivity contribution in [2.75, 3.05) is 19.8 Å². The Bertz CT molecular complexity index is 182. The first-order valence-electron chi connectivity index (χ1n) is 5.55. The predicted octanol–water partition coefficient (Wildman–Crippen LogP) is 1.69. The summed E-state index contributed by atoms with van der Waals surface area (Å²) in [6.07, 6.45) is 4.09. The Kier molecular flexibility index (Phi) is 5.58. The maximum atomic E-state index is 8.59. The average molecular weight is 196 g/mol. The lowest BCUT2D eigenvalue weighted by Crippen LogP contribution is -2.35. The van der Waals surface area contributed by atoms with E-state index in [1.807, 2.05) is 0 Å². The molecule has 0 saturated carbocycles. The van der Waals surface area contributed by atoms with Gasteiger partial charge in [0, 0.05) is 19.2 Å². The van der Waals surface area contributed by atoms with Gasteiger partial charge in [0.25, 0.3) is 0 Å². The summed E-state index contributed by atoms with van der Waals surface area (Å²) in [4.78, 5) is 0. The van der Waals surface area contributed by atoms with Gasteiger partial charge in [-0.2, -0.15) is 5.26 Å². The van der Waals surface area contributed by atoms with Crippen LogP contribution in [0.15, 0.2) is 0 Å². The van der Waals surface area contributed by atoms with Crippen molar-refractivity contribution in [3.63, 3.8) is 0 Å². The predicted molar refractivity (Wildman–Crippen MR) is 55.9 cm³/mol. The summed E-state index contributed by atoms with van der Waals surface area (Å²) in [6, 6.07) is 2.58. The molecule has 1 heterocycles. The first kappa shape index (κ1) is 11.5. The van der Waals surface area contributed by atoms with Crippen molar-refractivity contribution in [2.24, 2.45) is 5.92 Å². The van der Waals surface area contributed by atoms with Crippen molar-refractivity contribution in [3.05, 3.63) is 0 Å². The third-order valence-corrected chi connectivity index (χ3v) is 2.78. The van der Waals surface area contributed by atoms with Gasteiger partial charge in [0.1, 0.15) is 0 Å². The second-order valence-corrected chi connectivity index (χ2v) is 3.96. The van der Waals surface area contributed by atoms with Crippen LogP contribution in [-0.2, 0) is 4.74 Å². The highest BCUT2D eigenvalue weighted by atomic mass is 16.5. The fraction of sp³-hybridized carbons (Fsp3) is 0.909. The molecule has 0 radical (unpaired) electrons. The molecular formula is C11H20N2O. The molecule has 1 aliphatic heterocycles. The van der Waals surface area contributed by atoms with E-state index in [-0.39, 0.29) is 0 Å². The highest BCUT2D eigenvalue weighted by molar-refractivity contribution is 4.80. The number of hydrogen-bond donors (Lipinski definition) is 1. The molecule has 1 fully saturated rings. The third kappa shape index (κ3) is 4.08. The Hall–Kier alpha value is -0.590. The number of nitrogens with zero attached hydrogens (tertiary/aromatic N) is 1. The second kappa shape index (κ2) is 6.80. The molecule has 1 N–H and O–H groups in total. The molecule has 14 heavy (non-hydrogen) atoms. The summed E-state index contributed by atoms with van der Waals surface area (Å²) in [5.41, 5.74) is 0. The van der Waals surface area contributed by atoms with E-state index in [2.05, 4.69) is 18.3 Å². The molecular weight excluding hydrogens is 176 g/mol. The number of nitrogens with one attached hydrogen (secondary N) is 1. The minimum atomic E-state index is 0.363. The van der Waals surface area contributed by atoms with Crippen LogP contribution >= 0.6 is 0 Å². The zero-order valence-electron chi connectivity index (χ0n) is 8.96. The zero-order valence-corrected chi connectivity index (χ0v) is 8.96. The monoisotopic (exact) mass is 196 g/mol. The summed E-state index contributed by atoms with van der Waals surface area (Å²) in [6.45, 7) is 4.93. The highest BCUT2D eigenvalue weighted by Gasteiger charge is 2.15. The summed E-state index contributed by atoms with van der Waals surface area (Å²) in [5, 5.41) is 12.0. The first-order valence-corrected chi connectivity index (χ1v) is 5.55. The van der Waals surface area contributed by atoms with Crippen molar-refractivity contribution >= 4 is 0 Å². The molecule has 0 aromatic rings. The molecule has 2 atom stereocenters. The van der Waals surface area contributed by atoms with Crippen LogP contribution in [0.25, 0.3) is 0 Å². The number of rotatable bonds is 5. The van der Waals surface area contributed by atoms with E-state index in [9.17, 15) is 0 Å². The van der Waals surface area contributed by atoms with Crippen LogP contribution in [-0.4, -0.2) is 25.8 Å². The fourth-order valence-corrected chi connectivity index (χ4v) is 1.77. The van der Waals surface area contributed by atoms with E-state index >= 15 is 0 Å². The summed E-state index contributed by atoms with van der Waals surface area (Å²) < 4.78 is 5.40. The van der Waals surface area contributed by atoms with Crippen LogP contribution in [0.4, 0.5) is 0 Å². The molecule has 0 amide bonds.